The third kappa shape index (κ3) is 3.19. The van der Waals surface area contributed by atoms with Gasteiger partial charge in [-0.25, -0.2) is 4.98 Å². The molecule has 1 atom stereocenters. The number of rotatable bonds is 6. The summed E-state index contributed by atoms with van der Waals surface area (Å²) in [6, 6.07) is 4.81. The highest BCUT2D eigenvalue weighted by molar-refractivity contribution is 7.21. The van der Waals surface area contributed by atoms with Gasteiger partial charge < -0.3 is 5.32 Å². The largest absolute Gasteiger partial charge is 0.309 e. The van der Waals surface area contributed by atoms with Crippen LogP contribution in [0, 0.1) is 0 Å². The first kappa shape index (κ1) is 13.7. The molecule has 0 saturated carbocycles. The molecule has 0 bridgehead atoms. The van der Waals surface area contributed by atoms with E-state index in [0.29, 0.717) is 6.04 Å². The second-order valence-corrected chi connectivity index (χ2v) is 6.44. The Morgan fingerprint density at radius 3 is 2.83 bits per heavy atom. The monoisotopic (exact) mass is 280 g/mol. The molecule has 0 aliphatic heterocycles. The zero-order valence-corrected chi connectivity index (χ0v) is 12.8. The van der Waals surface area contributed by atoms with Crippen LogP contribution in [0.5, 0.6) is 0 Å². The van der Waals surface area contributed by atoms with Crippen molar-refractivity contribution >= 4 is 22.7 Å². The van der Waals surface area contributed by atoms with E-state index >= 15 is 0 Å². The Kier molecular flexibility index (Phi) is 4.92. The van der Waals surface area contributed by atoms with Crippen LogP contribution in [0.15, 0.2) is 17.5 Å². The number of thiophene rings is 1. The summed E-state index contributed by atoms with van der Waals surface area (Å²) in [4.78, 5) is 7.44. The second kappa shape index (κ2) is 6.45. The maximum absolute atomic E-state index is 4.76. The third-order valence-corrected chi connectivity index (χ3v) is 5.21. The number of nitrogens with zero attached hydrogens (tertiary/aromatic N) is 1. The van der Waals surface area contributed by atoms with E-state index in [1.54, 1.807) is 11.3 Å². The summed E-state index contributed by atoms with van der Waals surface area (Å²) in [7, 11) is 0. The summed E-state index contributed by atoms with van der Waals surface area (Å²) < 4.78 is 0. The van der Waals surface area contributed by atoms with Gasteiger partial charge in [-0.05, 0) is 31.2 Å². The van der Waals surface area contributed by atoms with Crippen molar-refractivity contribution in [2.75, 3.05) is 0 Å². The molecule has 0 aliphatic carbocycles. The van der Waals surface area contributed by atoms with Crippen molar-refractivity contribution in [2.24, 2.45) is 0 Å². The minimum atomic E-state index is 0.571. The molecule has 2 nitrogen and oxygen atoms in total. The van der Waals surface area contributed by atoms with Crippen molar-refractivity contribution in [1.29, 1.82) is 0 Å². The highest BCUT2D eigenvalue weighted by Crippen LogP contribution is 2.31. The molecule has 0 spiro atoms. The Hall–Kier alpha value is -0.710. The van der Waals surface area contributed by atoms with E-state index in [1.165, 1.54) is 20.5 Å². The number of aromatic nitrogens is 1. The third-order valence-electron chi connectivity index (χ3n) is 3.07. The van der Waals surface area contributed by atoms with Crippen molar-refractivity contribution in [3.63, 3.8) is 0 Å². The van der Waals surface area contributed by atoms with Gasteiger partial charge in [0.05, 0.1) is 10.6 Å². The van der Waals surface area contributed by atoms with Crippen molar-refractivity contribution in [3.8, 4) is 9.88 Å². The van der Waals surface area contributed by atoms with Crippen molar-refractivity contribution in [3.05, 3.63) is 28.1 Å². The molecule has 1 unspecified atom stereocenters. The first-order valence-corrected chi connectivity index (χ1v) is 8.20. The van der Waals surface area contributed by atoms with Crippen LogP contribution in [0.3, 0.4) is 0 Å². The number of hydrogen-bond donors (Lipinski definition) is 1. The Balaban J connectivity index is 2.14. The number of aryl methyl sites for hydroxylation is 1. The minimum Gasteiger partial charge on any atom is -0.309 e. The van der Waals surface area contributed by atoms with Crippen LogP contribution in [0.1, 0.15) is 37.8 Å². The lowest BCUT2D eigenvalue weighted by Crippen LogP contribution is -2.24. The van der Waals surface area contributed by atoms with Gasteiger partial charge in [-0.3, -0.25) is 0 Å². The molecule has 18 heavy (non-hydrogen) atoms. The van der Waals surface area contributed by atoms with Gasteiger partial charge in [0, 0.05) is 17.5 Å². The van der Waals surface area contributed by atoms with E-state index in [0.717, 1.165) is 19.4 Å². The van der Waals surface area contributed by atoms with Crippen molar-refractivity contribution < 1.29 is 0 Å². The Morgan fingerprint density at radius 1 is 1.39 bits per heavy atom. The van der Waals surface area contributed by atoms with E-state index in [2.05, 4.69) is 43.6 Å². The van der Waals surface area contributed by atoms with Crippen LogP contribution in [0.4, 0.5) is 0 Å². The Labute approximate surface area is 117 Å². The number of thiazole rings is 1. The highest BCUT2D eigenvalue weighted by atomic mass is 32.1. The fourth-order valence-corrected chi connectivity index (χ4v) is 3.61. The van der Waals surface area contributed by atoms with Gasteiger partial charge in [0.1, 0.15) is 5.01 Å². The van der Waals surface area contributed by atoms with Crippen LogP contribution in [0.2, 0.25) is 0 Å². The van der Waals surface area contributed by atoms with E-state index in [1.807, 2.05) is 11.3 Å². The smallest absolute Gasteiger partial charge is 0.133 e. The molecule has 2 heterocycles. The lowest BCUT2D eigenvalue weighted by molar-refractivity contribution is 0.535. The molecule has 2 rings (SSSR count). The fourth-order valence-electron chi connectivity index (χ4n) is 1.71. The molecule has 0 saturated heterocycles. The van der Waals surface area contributed by atoms with Crippen LogP contribution in [0.25, 0.3) is 9.88 Å². The summed E-state index contributed by atoms with van der Waals surface area (Å²) in [5.74, 6) is 0. The van der Waals surface area contributed by atoms with E-state index < -0.39 is 0 Å². The standard InChI is InChI=1S/C14H20N2S2/c1-4-10(3)15-9-13-11(5-2)16-14(18-13)12-7-6-8-17-12/h6-8,10,15H,4-5,9H2,1-3H3. The lowest BCUT2D eigenvalue weighted by Gasteiger charge is -2.10. The second-order valence-electron chi connectivity index (χ2n) is 4.41. The van der Waals surface area contributed by atoms with E-state index in [-0.39, 0.29) is 0 Å². The summed E-state index contributed by atoms with van der Waals surface area (Å²) in [5.41, 5.74) is 1.25. The van der Waals surface area contributed by atoms with Crippen molar-refractivity contribution in [1.82, 2.24) is 10.3 Å². The number of hydrogen-bond acceptors (Lipinski definition) is 4. The first-order chi connectivity index (χ1) is 8.74. The van der Waals surface area contributed by atoms with Crippen LogP contribution >= 0.6 is 22.7 Å². The lowest BCUT2D eigenvalue weighted by atomic mass is 10.2. The molecule has 0 fully saturated rings. The van der Waals surface area contributed by atoms with Crippen LogP contribution in [-0.4, -0.2) is 11.0 Å². The molecule has 2 aromatic rings. The van der Waals surface area contributed by atoms with Gasteiger partial charge in [-0.2, -0.15) is 0 Å². The molecule has 0 radical (unpaired) electrons. The van der Waals surface area contributed by atoms with E-state index in [9.17, 15) is 0 Å². The fraction of sp³-hybridized carbons (Fsp3) is 0.500. The molecular formula is C14H20N2S2. The minimum absolute atomic E-state index is 0.571. The summed E-state index contributed by atoms with van der Waals surface area (Å²) in [5, 5.41) is 6.84. The van der Waals surface area contributed by atoms with Gasteiger partial charge in [-0.1, -0.05) is 19.9 Å². The van der Waals surface area contributed by atoms with Gasteiger partial charge in [0.15, 0.2) is 0 Å². The zero-order chi connectivity index (χ0) is 13.0. The molecule has 1 N–H and O–H groups in total. The van der Waals surface area contributed by atoms with Crippen LogP contribution in [-0.2, 0) is 13.0 Å². The first-order valence-electron chi connectivity index (χ1n) is 6.50. The average Bonchev–Trinajstić information content (AvgIpc) is 3.03. The van der Waals surface area contributed by atoms with Crippen LogP contribution < -0.4 is 5.32 Å². The summed E-state index contributed by atoms with van der Waals surface area (Å²) >= 11 is 3.60. The van der Waals surface area contributed by atoms with Gasteiger partial charge in [-0.15, -0.1) is 22.7 Å². The molecule has 98 valence electrons. The molecule has 2 aromatic heterocycles. The maximum atomic E-state index is 4.76. The Bertz CT molecular complexity index is 474. The summed E-state index contributed by atoms with van der Waals surface area (Å²) in [6.07, 6.45) is 2.18. The SMILES string of the molecule is CCc1nc(-c2cccs2)sc1CNC(C)CC. The maximum Gasteiger partial charge on any atom is 0.133 e. The molecular weight excluding hydrogens is 260 g/mol. The van der Waals surface area contributed by atoms with Crippen molar-refractivity contribution in [2.45, 2.75) is 46.2 Å². The normalized spacial score (nSPS) is 12.8. The highest BCUT2D eigenvalue weighted by Gasteiger charge is 2.12. The zero-order valence-electron chi connectivity index (χ0n) is 11.2. The quantitative estimate of drug-likeness (QED) is 0.852. The molecule has 4 heteroatoms. The predicted octanol–water partition coefficient (Wildman–Crippen LogP) is 4.32. The molecule has 0 aliphatic rings. The average molecular weight is 280 g/mol. The number of nitrogens with one attached hydrogen (secondary N) is 1. The Morgan fingerprint density at radius 2 is 2.22 bits per heavy atom. The molecule has 0 aromatic carbocycles. The van der Waals surface area contributed by atoms with Gasteiger partial charge >= 0.3 is 0 Å². The van der Waals surface area contributed by atoms with Gasteiger partial charge in [0.25, 0.3) is 0 Å². The van der Waals surface area contributed by atoms with E-state index in [4.69, 9.17) is 4.98 Å². The van der Waals surface area contributed by atoms with Gasteiger partial charge in [0.2, 0.25) is 0 Å². The molecule has 0 amide bonds. The topological polar surface area (TPSA) is 24.9 Å². The predicted molar refractivity (Wildman–Crippen MR) is 81.4 cm³/mol. The summed E-state index contributed by atoms with van der Waals surface area (Å²) in [6.45, 7) is 7.57.